The minimum atomic E-state index is -0.445. The number of benzene rings is 1. The van der Waals surface area contributed by atoms with Gasteiger partial charge in [-0.1, -0.05) is 0 Å². The molecule has 0 radical (unpaired) electrons. The average molecular weight is 284 g/mol. The third kappa shape index (κ3) is 3.22. The number of hydrogen-bond acceptors (Lipinski definition) is 5. The summed E-state index contributed by atoms with van der Waals surface area (Å²) in [5.41, 5.74) is 4.36. The number of aryl methyl sites for hydroxylation is 1. The van der Waals surface area contributed by atoms with Gasteiger partial charge in [0.2, 0.25) is 0 Å². The Balaban J connectivity index is 2.14. The van der Waals surface area contributed by atoms with Crippen LogP contribution in [0.2, 0.25) is 0 Å². The zero-order chi connectivity index (χ0) is 15.4. The number of anilines is 1. The predicted octanol–water partition coefficient (Wildman–Crippen LogP) is 1.70. The van der Waals surface area contributed by atoms with Gasteiger partial charge < -0.3 is 9.32 Å². The first-order valence-electron chi connectivity index (χ1n) is 6.36. The van der Waals surface area contributed by atoms with E-state index in [0.717, 1.165) is 11.3 Å². The number of hydrazine groups is 1. The monoisotopic (exact) mass is 284 g/mol. The maximum Gasteiger partial charge on any atom is 0.301 e. The molecular weight excluding hydrogens is 268 g/mol. The summed E-state index contributed by atoms with van der Waals surface area (Å²) < 4.78 is 5.52. The Morgan fingerprint density at radius 3 is 2.67 bits per heavy atom. The first kappa shape index (κ1) is 14.6. The second-order valence-corrected chi connectivity index (χ2v) is 4.71. The summed E-state index contributed by atoms with van der Waals surface area (Å²) in [5.74, 6) is 5.55. The fourth-order valence-corrected chi connectivity index (χ4v) is 2.03. The molecule has 0 aliphatic heterocycles. The zero-order valence-electron chi connectivity index (χ0n) is 11.9. The van der Waals surface area contributed by atoms with Crippen LogP contribution in [0.1, 0.15) is 27.4 Å². The topological polar surface area (TPSA) is 95.3 Å². The van der Waals surface area contributed by atoms with E-state index >= 15 is 0 Å². The van der Waals surface area contributed by atoms with Gasteiger partial charge in [-0.15, -0.1) is 0 Å². The molecule has 0 bridgehead atoms. The molecule has 108 valence electrons. The van der Waals surface area contributed by atoms with Gasteiger partial charge in [-0.2, -0.15) is 5.26 Å². The van der Waals surface area contributed by atoms with E-state index < -0.39 is 5.91 Å². The lowest BCUT2D eigenvalue weighted by molar-refractivity contribution is 0.0923. The number of nitrogens with two attached hydrogens (primary N) is 1. The maximum absolute atomic E-state index is 11.5. The second-order valence-electron chi connectivity index (χ2n) is 4.71. The second kappa shape index (κ2) is 6.11. The molecule has 0 aliphatic carbocycles. The van der Waals surface area contributed by atoms with Gasteiger partial charge in [-0.3, -0.25) is 10.2 Å². The molecular formula is C15H16N4O2. The van der Waals surface area contributed by atoms with Crippen LogP contribution in [-0.2, 0) is 6.54 Å². The van der Waals surface area contributed by atoms with E-state index in [1.807, 2.05) is 30.1 Å². The van der Waals surface area contributed by atoms with E-state index in [2.05, 4.69) is 11.5 Å². The largest absolute Gasteiger partial charge is 0.454 e. The quantitative estimate of drug-likeness (QED) is 0.506. The number of carbonyl (C=O) groups excluding carboxylic acids is 1. The van der Waals surface area contributed by atoms with Crippen LogP contribution in [-0.4, -0.2) is 13.0 Å². The predicted molar refractivity (Wildman–Crippen MR) is 78.4 cm³/mol. The Bertz CT molecular complexity index is 683. The summed E-state index contributed by atoms with van der Waals surface area (Å²) in [6.45, 7) is 2.30. The Morgan fingerprint density at radius 1 is 1.43 bits per heavy atom. The first-order chi connectivity index (χ1) is 10.0. The van der Waals surface area contributed by atoms with Crippen LogP contribution in [0.15, 0.2) is 34.7 Å². The van der Waals surface area contributed by atoms with Crippen molar-refractivity contribution in [2.75, 3.05) is 11.9 Å². The molecule has 2 rings (SSSR count). The molecule has 1 amide bonds. The molecule has 2 aromatic rings. The molecule has 1 aromatic carbocycles. The molecule has 0 fully saturated rings. The van der Waals surface area contributed by atoms with Crippen molar-refractivity contribution in [2.45, 2.75) is 13.5 Å². The van der Waals surface area contributed by atoms with Gasteiger partial charge in [0.05, 0.1) is 18.2 Å². The van der Waals surface area contributed by atoms with Gasteiger partial charge in [0.1, 0.15) is 5.76 Å². The minimum absolute atomic E-state index is 0.223. The SMILES string of the molecule is Cc1cc(CN(C)c2ccc(C#N)cc2)oc1C(=O)NN. The van der Waals surface area contributed by atoms with E-state index in [0.29, 0.717) is 17.9 Å². The lowest BCUT2D eigenvalue weighted by atomic mass is 10.2. The maximum atomic E-state index is 11.5. The van der Waals surface area contributed by atoms with Gasteiger partial charge in [0, 0.05) is 18.3 Å². The highest BCUT2D eigenvalue weighted by Gasteiger charge is 2.15. The van der Waals surface area contributed by atoms with Crippen LogP contribution in [0.3, 0.4) is 0 Å². The van der Waals surface area contributed by atoms with Crippen molar-refractivity contribution in [2.24, 2.45) is 5.84 Å². The molecule has 3 N–H and O–H groups in total. The van der Waals surface area contributed by atoms with Crippen molar-refractivity contribution in [3.63, 3.8) is 0 Å². The molecule has 0 spiro atoms. The summed E-state index contributed by atoms with van der Waals surface area (Å²) in [6.07, 6.45) is 0. The van der Waals surface area contributed by atoms with Gasteiger partial charge in [0.15, 0.2) is 5.76 Å². The molecule has 6 nitrogen and oxygen atoms in total. The van der Waals surface area contributed by atoms with Crippen LogP contribution in [0.5, 0.6) is 0 Å². The van der Waals surface area contributed by atoms with Crippen LogP contribution in [0.25, 0.3) is 0 Å². The van der Waals surface area contributed by atoms with Crippen molar-refractivity contribution in [3.05, 3.63) is 53.0 Å². The zero-order valence-corrected chi connectivity index (χ0v) is 11.9. The molecule has 6 heteroatoms. The number of amides is 1. The van der Waals surface area contributed by atoms with Gasteiger partial charge >= 0.3 is 5.91 Å². The Kier molecular flexibility index (Phi) is 4.26. The van der Waals surface area contributed by atoms with Gasteiger partial charge in [-0.25, -0.2) is 5.84 Å². The summed E-state index contributed by atoms with van der Waals surface area (Å²) in [4.78, 5) is 13.5. The molecule has 0 unspecified atom stereocenters. The Labute approximate surface area is 122 Å². The molecule has 0 saturated carbocycles. The van der Waals surface area contributed by atoms with Crippen molar-refractivity contribution in [3.8, 4) is 6.07 Å². The van der Waals surface area contributed by atoms with Crippen molar-refractivity contribution >= 4 is 11.6 Å². The number of rotatable bonds is 4. The Hall–Kier alpha value is -2.78. The number of furan rings is 1. The lowest BCUT2D eigenvalue weighted by Gasteiger charge is -2.17. The minimum Gasteiger partial charge on any atom is -0.454 e. The average Bonchev–Trinajstić information content (AvgIpc) is 2.87. The van der Waals surface area contributed by atoms with Crippen molar-refractivity contribution in [1.82, 2.24) is 5.43 Å². The summed E-state index contributed by atoms with van der Waals surface area (Å²) in [5, 5.41) is 8.78. The van der Waals surface area contributed by atoms with E-state index in [1.54, 1.807) is 19.1 Å². The van der Waals surface area contributed by atoms with Gasteiger partial charge in [0.25, 0.3) is 0 Å². The van der Waals surface area contributed by atoms with Crippen LogP contribution in [0.4, 0.5) is 5.69 Å². The first-order valence-corrected chi connectivity index (χ1v) is 6.36. The third-order valence-electron chi connectivity index (χ3n) is 3.14. The van der Waals surface area contributed by atoms with Gasteiger partial charge in [-0.05, 0) is 37.3 Å². The standard InChI is InChI=1S/C15H16N4O2/c1-10-7-13(21-14(10)15(20)18-17)9-19(2)12-5-3-11(8-16)4-6-12/h3-7H,9,17H2,1-2H3,(H,18,20). The highest BCUT2D eigenvalue weighted by atomic mass is 16.4. The van der Waals surface area contributed by atoms with Crippen LogP contribution < -0.4 is 16.2 Å². The summed E-state index contributed by atoms with van der Waals surface area (Å²) in [6, 6.07) is 11.1. The van der Waals surface area contributed by atoms with Crippen molar-refractivity contribution < 1.29 is 9.21 Å². The number of nitriles is 1. The number of hydrogen-bond donors (Lipinski definition) is 2. The van der Waals surface area contributed by atoms with Crippen LogP contribution >= 0.6 is 0 Å². The molecule has 0 atom stereocenters. The normalized spacial score (nSPS) is 10.0. The fraction of sp³-hybridized carbons (Fsp3) is 0.200. The number of nitrogens with zero attached hydrogens (tertiary/aromatic N) is 2. The third-order valence-corrected chi connectivity index (χ3v) is 3.14. The smallest absolute Gasteiger partial charge is 0.301 e. The highest BCUT2D eigenvalue weighted by molar-refractivity contribution is 5.92. The lowest BCUT2D eigenvalue weighted by Crippen LogP contribution is -2.30. The van der Waals surface area contributed by atoms with E-state index in [-0.39, 0.29) is 5.76 Å². The fourth-order valence-electron chi connectivity index (χ4n) is 2.03. The number of nitrogens with one attached hydrogen (secondary N) is 1. The summed E-state index contributed by atoms with van der Waals surface area (Å²) in [7, 11) is 1.90. The van der Waals surface area contributed by atoms with E-state index in [4.69, 9.17) is 15.5 Å². The molecule has 0 aliphatic rings. The van der Waals surface area contributed by atoms with E-state index in [9.17, 15) is 4.79 Å². The van der Waals surface area contributed by atoms with E-state index in [1.165, 1.54) is 0 Å². The van der Waals surface area contributed by atoms with Crippen molar-refractivity contribution in [1.29, 1.82) is 5.26 Å². The van der Waals surface area contributed by atoms with Crippen LogP contribution in [0, 0.1) is 18.3 Å². The summed E-state index contributed by atoms with van der Waals surface area (Å²) >= 11 is 0. The molecule has 1 heterocycles. The Morgan fingerprint density at radius 2 is 2.10 bits per heavy atom. The molecule has 0 saturated heterocycles. The number of nitrogen functional groups attached to an aromatic ring is 1. The molecule has 1 aromatic heterocycles. The highest BCUT2D eigenvalue weighted by Crippen LogP contribution is 2.20. The number of carbonyl (C=O) groups is 1. The molecule has 21 heavy (non-hydrogen) atoms.